The second-order valence-electron chi connectivity index (χ2n) is 8.10. The van der Waals surface area contributed by atoms with Crippen LogP contribution in [0.25, 0.3) is 22.0 Å². The third kappa shape index (κ3) is 4.27. The Morgan fingerprint density at radius 2 is 1.52 bits per heavy atom. The lowest BCUT2D eigenvalue weighted by Crippen LogP contribution is -2.09. The van der Waals surface area contributed by atoms with Crippen molar-refractivity contribution < 1.29 is 27.1 Å². The van der Waals surface area contributed by atoms with E-state index in [2.05, 4.69) is 4.98 Å². The minimum Gasteiger partial charge on any atom is -0.507 e. The van der Waals surface area contributed by atoms with Crippen LogP contribution in [0.1, 0.15) is 48.3 Å². The fourth-order valence-electron chi connectivity index (χ4n) is 3.95. The SMILES string of the molecule is CC(C)c1nc2cccc(O)c2c(-c2ccc(F)cc2)c1C(F)c1ccc(C(F)(F)F)cc1. The van der Waals surface area contributed by atoms with E-state index in [1.165, 1.54) is 30.3 Å². The van der Waals surface area contributed by atoms with Crippen LogP contribution in [0.4, 0.5) is 22.0 Å². The summed E-state index contributed by atoms with van der Waals surface area (Å²) in [7, 11) is 0. The van der Waals surface area contributed by atoms with Crippen LogP contribution in [0.3, 0.4) is 0 Å². The largest absolute Gasteiger partial charge is 0.507 e. The van der Waals surface area contributed by atoms with Crippen molar-refractivity contribution in [3.63, 3.8) is 0 Å². The molecule has 0 radical (unpaired) electrons. The topological polar surface area (TPSA) is 33.1 Å². The van der Waals surface area contributed by atoms with Gasteiger partial charge in [-0.3, -0.25) is 4.98 Å². The highest BCUT2D eigenvalue weighted by atomic mass is 19.4. The Balaban J connectivity index is 2.03. The summed E-state index contributed by atoms with van der Waals surface area (Å²) in [6.07, 6.45) is -6.37. The number of aromatic hydroxyl groups is 1. The van der Waals surface area contributed by atoms with Crippen molar-refractivity contribution in [1.29, 1.82) is 0 Å². The van der Waals surface area contributed by atoms with Crippen LogP contribution < -0.4 is 0 Å². The van der Waals surface area contributed by atoms with Crippen molar-refractivity contribution in [3.8, 4) is 16.9 Å². The summed E-state index contributed by atoms with van der Waals surface area (Å²) in [5, 5.41) is 10.9. The normalized spacial score (nSPS) is 13.0. The molecule has 0 fully saturated rings. The molecule has 0 amide bonds. The fraction of sp³-hybridized carbons (Fsp3) is 0.192. The molecule has 1 aromatic heterocycles. The molecule has 0 saturated heterocycles. The summed E-state index contributed by atoms with van der Waals surface area (Å²) in [5.74, 6) is -0.847. The number of benzene rings is 3. The van der Waals surface area contributed by atoms with Crippen LogP contribution in [0.5, 0.6) is 5.75 Å². The molecule has 1 heterocycles. The van der Waals surface area contributed by atoms with Gasteiger partial charge in [0.2, 0.25) is 0 Å². The van der Waals surface area contributed by atoms with Crippen molar-refractivity contribution in [2.45, 2.75) is 32.1 Å². The van der Waals surface area contributed by atoms with E-state index in [4.69, 9.17) is 0 Å². The fourth-order valence-corrected chi connectivity index (χ4v) is 3.95. The highest BCUT2D eigenvalue weighted by molar-refractivity contribution is 6.01. The van der Waals surface area contributed by atoms with Gasteiger partial charge >= 0.3 is 6.18 Å². The molecule has 0 saturated carbocycles. The van der Waals surface area contributed by atoms with Crippen molar-refractivity contribution in [3.05, 3.63) is 94.9 Å². The molecule has 3 aromatic carbocycles. The number of nitrogens with zero attached hydrogens (tertiary/aromatic N) is 1. The minimum atomic E-state index is -4.54. The quantitative estimate of drug-likeness (QED) is 0.316. The lowest BCUT2D eigenvalue weighted by atomic mass is 9.86. The van der Waals surface area contributed by atoms with Gasteiger partial charge in [0.15, 0.2) is 6.17 Å². The molecule has 1 unspecified atom stereocenters. The third-order valence-electron chi connectivity index (χ3n) is 5.52. The number of phenols is 1. The number of pyridine rings is 1. The van der Waals surface area contributed by atoms with Gasteiger partial charge < -0.3 is 5.11 Å². The van der Waals surface area contributed by atoms with Gasteiger partial charge in [-0.05, 0) is 53.4 Å². The maximum absolute atomic E-state index is 16.1. The maximum atomic E-state index is 16.1. The molecule has 33 heavy (non-hydrogen) atoms. The van der Waals surface area contributed by atoms with E-state index in [-0.39, 0.29) is 28.2 Å². The van der Waals surface area contributed by atoms with Crippen LogP contribution in [0.15, 0.2) is 66.7 Å². The first-order valence-corrected chi connectivity index (χ1v) is 10.3. The molecule has 0 bridgehead atoms. The van der Waals surface area contributed by atoms with Crippen LogP contribution in [-0.2, 0) is 6.18 Å². The van der Waals surface area contributed by atoms with Gasteiger partial charge in [0.1, 0.15) is 11.6 Å². The molecule has 1 atom stereocenters. The number of hydrogen-bond donors (Lipinski definition) is 1. The minimum absolute atomic E-state index is 0.0184. The monoisotopic (exact) mass is 457 g/mol. The average Bonchev–Trinajstić information content (AvgIpc) is 2.77. The number of fused-ring (bicyclic) bond motifs is 1. The molecule has 4 aromatic rings. The first-order valence-electron chi connectivity index (χ1n) is 10.3. The van der Waals surface area contributed by atoms with E-state index in [9.17, 15) is 22.7 Å². The molecule has 0 aliphatic carbocycles. The standard InChI is InChI=1S/C26H20F5NO/c1-14(2)25-23(24(28)16-6-10-17(11-7-16)26(29,30)31)21(15-8-12-18(27)13-9-15)22-19(32-25)4-3-5-20(22)33/h3-14,24,33H,1-2H3. The molecule has 170 valence electrons. The zero-order chi connectivity index (χ0) is 23.9. The molecular weight excluding hydrogens is 437 g/mol. The summed E-state index contributed by atoms with van der Waals surface area (Å²) in [4.78, 5) is 4.59. The Kier molecular flexibility index (Phi) is 5.82. The molecule has 7 heteroatoms. The number of phenolic OH excluding ortho intramolecular Hbond substituents is 1. The van der Waals surface area contributed by atoms with Crippen LogP contribution >= 0.6 is 0 Å². The van der Waals surface area contributed by atoms with Crippen LogP contribution in [-0.4, -0.2) is 10.1 Å². The zero-order valence-electron chi connectivity index (χ0n) is 17.8. The predicted molar refractivity (Wildman–Crippen MR) is 117 cm³/mol. The first kappa shape index (κ1) is 22.7. The van der Waals surface area contributed by atoms with E-state index in [1.807, 2.05) is 13.8 Å². The lowest BCUT2D eigenvalue weighted by molar-refractivity contribution is -0.137. The van der Waals surface area contributed by atoms with Gasteiger partial charge in [0.05, 0.1) is 22.2 Å². The van der Waals surface area contributed by atoms with Gasteiger partial charge in [-0.1, -0.05) is 44.2 Å². The highest BCUT2D eigenvalue weighted by Crippen LogP contribution is 2.45. The first-order chi connectivity index (χ1) is 15.6. The van der Waals surface area contributed by atoms with Gasteiger partial charge in [0, 0.05) is 11.1 Å². The van der Waals surface area contributed by atoms with E-state index < -0.39 is 23.7 Å². The Morgan fingerprint density at radius 3 is 2.09 bits per heavy atom. The molecule has 0 spiro atoms. The summed E-state index contributed by atoms with van der Waals surface area (Å²) in [6, 6.07) is 14.0. The highest BCUT2D eigenvalue weighted by Gasteiger charge is 2.32. The van der Waals surface area contributed by atoms with Crippen molar-refractivity contribution in [2.24, 2.45) is 0 Å². The molecule has 0 aliphatic heterocycles. The van der Waals surface area contributed by atoms with E-state index in [0.717, 1.165) is 24.3 Å². The summed E-state index contributed by atoms with van der Waals surface area (Å²) >= 11 is 0. The Morgan fingerprint density at radius 1 is 0.879 bits per heavy atom. The molecule has 4 rings (SSSR count). The number of hydrogen-bond acceptors (Lipinski definition) is 2. The molecule has 2 nitrogen and oxygen atoms in total. The van der Waals surface area contributed by atoms with E-state index in [1.54, 1.807) is 12.1 Å². The third-order valence-corrected chi connectivity index (χ3v) is 5.52. The van der Waals surface area contributed by atoms with Crippen molar-refractivity contribution in [2.75, 3.05) is 0 Å². The number of alkyl halides is 4. The van der Waals surface area contributed by atoms with Crippen LogP contribution in [0, 0.1) is 5.82 Å². The van der Waals surface area contributed by atoms with Crippen LogP contribution in [0.2, 0.25) is 0 Å². The Bertz CT molecular complexity index is 1300. The molecular formula is C26H20F5NO. The number of aromatic nitrogens is 1. The zero-order valence-corrected chi connectivity index (χ0v) is 17.8. The molecule has 0 aliphatic rings. The number of halogens is 5. The molecule has 1 N–H and O–H groups in total. The van der Waals surface area contributed by atoms with Gasteiger partial charge in [0.25, 0.3) is 0 Å². The second-order valence-corrected chi connectivity index (χ2v) is 8.10. The summed E-state index contributed by atoms with van der Waals surface area (Å²) in [5.41, 5.74) is 0.887. The van der Waals surface area contributed by atoms with Gasteiger partial charge in [-0.15, -0.1) is 0 Å². The van der Waals surface area contributed by atoms with E-state index in [0.29, 0.717) is 22.3 Å². The predicted octanol–water partition coefficient (Wildman–Crippen LogP) is 7.95. The van der Waals surface area contributed by atoms with Gasteiger partial charge in [-0.2, -0.15) is 13.2 Å². The smallest absolute Gasteiger partial charge is 0.416 e. The van der Waals surface area contributed by atoms with Crippen molar-refractivity contribution in [1.82, 2.24) is 4.98 Å². The number of rotatable bonds is 4. The summed E-state index contributed by atoms with van der Waals surface area (Å²) in [6.45, 7) is 3.66. The Hall–Kier alpha value is -3.48. The average molecular weight is 457 g/mol. The van der Waals surface area contributed by atoms with Crippen molar-refractivity contribution >= 4 is 10.9 Å². The maximum Gasteiger partial charge on any atom is 0.416 e. The van der Waals surface area contributed by atoms with E-state index >= 15 is 4.39 Å². The Labute approximate surface area is 187 Å². The summed E-state index contributed by atoms with van der Waals surface area (Å²) < 4.78 is 68.7. The lowest BCUT2D eigenvalue weighted by Gasteiger charge is -2.23. The van der Waals surface area contributed by atoms with Gasteiger partial charge in [-0.25, -0.2) is 8.78 Å². The second kappa shape index (κ2) is 8.46.